The Kier molecular flexibility index (Phi) is 2.83. The molecule has 1 aromatic carbocycles. The zero-order valence-electron chi connectivity index (χ0n) is 8.52. The average Bonchev–Trinajstić information content (AvgIpc) is 2.30. The van der Waals surface area contributed by atoms with E-state index in [9.17, 15) is 4.39 Å². The first kappa shape index (κ1) is 10.6. The molecule has 3 N–H and O–H groups in total. The Balaban J connectivity index is 2.51. The number of hydrogen-bond donors (Lipinski definition) is 2. The summed E-state index contributed by atoms with van der Waals surface area (Å²) in [4.78, 5) is 4.02. The van der Waals surface area contributed by atoms with E-state index in [1.54, 1.807) is 24.3 Å². The van der Waals surface area contributed by atoms with Crippen LogP contribution in [0.4, 0.5) is 10.2 Å². The van der Waals surface area contributed by atoms with Gasteiger partial charge in [0.15, 0.2) is 0 Å². The number of nitrogen functional groups attached to an aromatic ring is 1. The molecule has 0 unspecified atom stereocenters. The van der Waals surface area contributed by atoms with Crippen molar-refractivity contribution in [1.82, 2.24) is 4.98 Å². The molecule has 0 aliphatic heterocycles. The third-order valence-electron chi connectivity index (χ3n) is 2.30. The van der Waals surface area contributed by atoms with Crippen LogP contribution in [0.3, 0.4) is 0 Å². The molecule has 16 heavy (non-hydrogen) atoms. The Hall–Kier alpha value is -1.94. The number of aliphatic hydroxyl groups is 1. The summed E-state index contributed by atoms with van der Waals surface area (Å²) in [5.41, 5.74) is 7.58. The zero-order valence-corrected chi connectivity index (χ0v) is 8.52. The van der Waals surface area contributed by atoms with E-state index >= 15 is 0 Å². The second-order valence-electron chi connectivity index (χ2n) is 3.40. The summed E-state index contributed by atoms with van der Waals surface area (Å²) in [5.74, 6) is 0.0626. The number of pyridine rings is 1. The van der Waals surface area contributed by atoms with Gasteiger partial charge in [0.1, 0.15) is 11.6 Å². The fourth-order valence-electron chi connectivity index (χ4n) is 1.53. The Bertz CT molecular complexity index is 497. The Labute approximate surface area is 92.4 Å². The van der Waals surface area contributed by atoms with Crippen molar-refractivity contribution in [3.05, 3.63) is 47.9 Å². The van der Waals surface area contributed by atoms with Crippen LogP contribution >= 0.6 is 0 Å². The predicted molar refractivity (Wildman–Crippen MR) is 60.0 cm³/mol. The topological polar surface area (TPSA) is 59.1 Å². The molecule has 4 heteroatoms. The van der Waals surface area contributed by atoms with Crippen molar-refractivity contribution in [1.29, 1.82) is 0 Å². The van der Waals surface area contributed by atoms with Crippen LogP contribution in [-0.2, 0) is 6.61 Å². The molecule has 0 aliphatic carbocycles. The number of aliphatic hydroxyl groups excluding tert-OH is 1. The summed E-state index contributed by atoms with van der Waals surface area (Å²) < 4.78 is 12.8. The first-order valence-electron chi connectivity index (χ1n) is 4.83. The SMILES string of the molecule is Nc1ccc(-c2ccc(F)cc2)c(CO)n1. The minimum absolute atomic E-state index is 0.197. The van der Waals surface area contributed by atoms with E-state index in [1.807, 2.05) is 0 Å². The Morgan fingerprint density at radius 2 is 1.81 bits per heavy atom. The van der Waals surface area contributed by atoms with Crippen LogP contribution in [0, 0.1) is 5.82 Å². The zero-order chi connectivity index (χ0) is 11.5. The number of hydrogen-bond acceptors (Lipinski definition) is 3. The Morgan fingerprint density at radius 1 is 1.12 bits per heavy atom. The van der Waals surface area contributed by atoms with Crippen molar-refractivity contribution in [2.45, 2.75) is 6.61 Å². The van der Waals surface area contributed by atoms with E-state index in [1.165, 1.54) is 12.1 Å². The van der Waals surface area contributed by atoms with Crippen molar-refractivity contribution in [2.75, 3.05) is 5.73 Å². The monoisotopic (exact) mass is 218 g/mol. The van der Waals surface area contributed by atoms with Crippen molar-refractivity contribution in [2.24, 2.45) is 0 Å². The molecule has 0 radical (unpaired) electrons. The van der Waals surface area contributed by atoms with Crippen molar-refractivity contribution < 1.29 is 9.50 Å². The summed E-state index contributed by atoms with van der Waals surface area (Å²) >= 11 is 0. The highest BCUT2D eigenvalue weighted by Crippen LogP contribution is 2.23. The van der Waals surface area contributed by atoms with Gasteiger partial charge in [0.05, 0.1) is 12.3 Å². The predicted octanol–water partition coefficient (Wildman–Crippen LogP) is 1.96. The highest BCUT2D eigenvalue weighted by atomic mass is 19.1. The molecule has 82 valence electrons. The van der Waals surface area contributed by atoms with Crippen LogP contribution in [-0.4, -0.2) is 10.1 Å². The van der Waals surface area contributed by atoms with Gasteiger partial charge in [-0.2, -0.15) is 0 Å². The van der Waals surface area contributed by atoms with E-state index in [2.05, 4.69) is 4.98 Å². The van der Waals surface area contributed by atoms with E-state index in [-0.39, 0.29) is 12.4 Å². The standard InChI is InChI=1S/C12H11FN2O/c13-9-3-1-8(2-4-9)10-5-6-12(14)15-11(10)7-16/h1-6,16H,7H2,(H2,14,15). The van der Waals surface area contributed by atoms with Crippen LogP contribution in [0.2, 0.25) is 0 Å². The molecule has 2 rings (SSSR count). The summed E-state index contributed by atoms with van der Waals surface area (Å²) in [6.45, 7) is -0.197. The van der Waals surface area contributed by atoms with Gasteiger partial charge in [0.25, 0.3) is 0 Å². The molecule has 0 spiro atoms. The number of nitrogens with zero attached hydrogens (tertiary/aromatic N) is 1. The van der Waals surface area contributed by atoms with Crippen molar-refractivity contribution in [3.8, 4) is 11.1 Å². The molecule has 1 heterocycles. The smallest absolute Gasteiger partial charge is 0.123 e. The maximum absolute atomic E-state index is 12.8. The number of rotatable bonds is 2. The number of nitrogens with two attached hydrogens (primary N) is 1. The van der Waals surface area contributed by atoms with Gasteiger partial charge in [-0.1, -0.05) is 12.1 Å². The van der Waals surface area contributed by atoms with Gasteiger partial charge in [-0.15, -0.1) is 0 Å². The van der Waals surface area contributed by atoms with E-state index < -0.39 is 0 Å². The Morgan fingerprint density at radius 3 is 2.44 bits per heavy atom. The van der Waals surface area contributed by atoms with Gasteiger partial charge in [-0.05, 0) is 29.8 Å². The summed E-state index contributed by atoms with van der Waals surface area (Å²) in [6, 6.07) is 9.43. The van der Waals surface area contributed by atoms with Gasteiger partial charge < -0.3 is 10.8 Å². The van der Waals surface area contributed by atoms with Crippen LogP contribution in [0.5, 0.6) is 0 Å². The van der Waals surface area contributed by atoms with Gasteiger partial charge >= 0.3 is 0 Å². The van der Waals surface area contributed by atoms with Crippen molar-refractivity contribution >= 4 is 5.82 Å². The number of halogens is 1. The molecular weight excluding hydrogens is 207 g/mol. The van der Waals surface area contributed by atoms with Gasteiger partial charge in [0, 0.05) is 5.56 Å². The molecule has 0 aliphatic rings. The maximum atomic E-state index is 12.8. The molecule has 0 fully saturated rings. The molecule has 0 saturated carbocycles. The third-order valence-corrected chi connectivity index (χ3v) is 2.30. The van der Waals surface area contributed by atoms with Crippen LogP contribution in [0.15, 0.2) is 36.4 Å². The largest absolute Gasteiger partial charge is 0.390 e. The van der Waals surface area contributed by atoms with E-state index in [0.29, 0.717) is 11.5 Å². The fraction of sp³-hybridized carbons (Fsp3) is 0.0833. The second kappa shape index (κ2) is 4.28. The second-order valence-corrected chi connectivity index (χ2v) is 3.40. The van der Waals surface area contributed by atoms with E-state index in [4.69, 9.17) is 10.8 Å². The first-order valence-corrected chi connectivity index (χ1v) is 4.83. The summed E-state index contributed by atoms with van der Waals surface area (Å²) in [5, 5.41) is 9.17. The maximum Gasteiger partial charge on any atom is 0.123 e. The van der Waals surface area contributed by atoms with Gasteiger partial charge in [-0.3, -0.25) is 0 Å². The number of benzene rings is 1. The van der Waals surface area contributed by atoms with Crippen LogP contribution < -0.4 is 5.73 Å². The highest BCUT2D eigenvalue weighted by molar-refractivity contribution is 5.66. The quantitative estimate of drug-likeness (QED) is 0.810. The molecule has 2 aromatic rings. The molecule has 3 nitrogen and oxygen atoms in total. The molecule has 0 saturated heterocycles. The summed E-state index contributed by atoms with van der Waals surface area (Å²) in [7, 11) is 0. The van der Waals surface area contributed by atoms with E-state index in [0.717, 1.165) is 11.1 Å². The normalized spacial score (nSPS) is 10.4. The number of aromatic nitrogens is 1. The molecule has 0 amide bonds. The lowest BCUT2D eigenvalue weighted by Crippen LogP contribution is -1.98. The molecular formula is C12H11FN2O. The minimum Gasteiger partial charge on any atom is -0.390 e. The van der Waals surface area contributed by atoms with Crippen molar-refractivity contribution in [3.63, 3.8) is 0 Å². The fourth-order valence-corrected chi connectivity index (χ4v) is 1.53. The molecule has 0 atom stereocenters. The molecule has 0 bridgehead atoms. The minimum atomic E-state index is -0.294. The van der Waals surface area contributed by atoms with Gasteiger partial charge in [-0.25, -0.2) is 9.37 Å². The lowest BCUT2D eigenvalue weighted by atomic mass is 10.0. The average molecular weight is 218 g/mol. The first-order chi connectivity index (χ1) is 7.70. The lowest BCUT2D eigenvalue weighted by Gasteiger charge is -2.07. The highest BCUT2D eigenvalue weighted by Gasteiger charge is 2.06. The third kappa shape index (κ3) is 2.01. The van der Waals surface area contributed by atoms with Gasteiger partial charge in [0.2, 0.25) is 0 Å². The summed E-state index contributed by atoms with van der Waals surface area (Å²) in [6.07, 6.45) is 0. The number of anilines is 1. The lowest BCUT2D eigenvalue weighted by molar-refractivity contribution is 0.277. The molecule has 1 aromatic heterocycles. The van der Waals surface area contributed by atoms with Crippen LogP contribution in [0.25, 0.3) is 11.1 Å². The van der Waals surface area contributed by atoms with Crippen LogP contribution in [0.1, 0.15) is 5.69 Å².